The molecule has 1 aromatic rings. The summed E-state index contributed by atoms with van der Waals surface area (Å²) in [5.41, 5.74) is 1.71. The fourth-order valence-electron chi connectivity index (χ4n) is 2.15. The lowest BCUT2D eigenvalue weighted by Crippen LogP contribution is -2.29. The second-order valence-corrected chi connectivity index (χ2v) is 5.20. The number of halogens is 2. The Balaban J connectivity index is 2.87. The highest BCUT2D eigenvalue weighted by Gasteiger charge is 2.14. The van der Waals surface area contributed by atoms with Crippen molar-refractivity contribution >= 4 is 21.6 Å². The van der Waals surface area contributed by atoms with Crippen molar-refractivity contribution in [1.29, 1.82) is 0 Å². The molecule has 102 valence electrons. The summed E-state index contributed by atoms with van der Waals surface area (Å²) in [5.74, 6) is 0.528. The maximum absolute atomic E-state index is 14.1. The van der Waals surface area contributed by atoms with Crippen molar-refractivity contribution in [2.45, 2.75) is 38.9 Å². The summed E-state index contributed by atoms with van der Waals surface area (Å²) in [6.45, 7) is 8.27. The second kappa shape index (κ2) is 7.78. The highest BCUT2D eigenvalue weighted by molar-refractivity contribution is 9.08. The molecule has 1 aromatic carbocycles. The van der Waals surface area contributed by atoms with Gasteiger partial charge in [0.25, 0.3) is 0 Å². The topological polar surface area (TPSA) is 3.24 Å². The summed E-state index contributed by atoms with van der Waals surface area (Å²) >= 11 is 3.35. The maximum Gasteiger partial charge on any atom is 0.146 e. The third-order valence-electron chi connectivity index (χ3n) is 3.52. The van der Waals surface area contributed by atoms with Crippen LogP contribution in [0.15, 0.2) is 18.2 Å². The Hall–Kier alpha value is -0.570. The first-order valence-electron chi connectivity index (χ1n) is 6.75. The number of rotatable bonds is 7. The first-order chi connectivity index (χ1) is 8.65. The lowest BCUT2D eigenvalue weighted by atomic mass is 10.0. The molecule has 0 N–H and O–H groups in total. The van der Waals surface area contributed by atoms with Gasteiger partial charge in [-0.3, -0.25) is 0 Å². The molecule has 0 bridgehead atoms. The van der Waals surface area contributed by atoms with Crippen LogP contribution in [0.25, 0.3) is 0 Å². The highest BCUT2D eigenvalue weighted by atomic mass is 79.9. The molecule has 0 heterocycles. The average Bonchev–Trinajstić information content (AvgIpc) is 2.41. The van der Waals surface area contributed by atoms with E-state index in [4.69, 9.17) is 0 Å². The Morgan fingerprint density at radius 3 is 2.33 bits per heavy atom. The molecule has 0 radical (unpaired) electrons. The molecule has 0 spiro atoms. The third-order valence-corrected chi connectivity index (χ3v) is 4.17. The van der Waals surface area contributed by atoms with E-state index in [0.29, 0.717) is 11.2 Å². The lowest BCUT2D eigenvalue weighted by Gasteiger charge is -2.28. The standard InChI is InChI=1S/C15H23BrFN/c1-4-12(5-2)11-18(6-3)15-8-7-13(10-16)9-14(15)17/h7-9,12H,4-6,10-11H2,1-3H3. The molecule has 3 heteroatoms. The van der Waals surface area contributed by atoms with Crippen molar-refractivity contribution in [3.63, 3.8) is 0 Å². The molecule has 0 saturated heterocycles. The number of hydrogen-bond acceptors (Lipinski definition) is 1. The lowest BCUT2D eigenvalue weighted by molar-refractivity contribution is 0.482. The first kappa shape index (κ1) is 15.5. The van der Waals surface area contributed by atoms with Crippen LogP contribution in [0, 0.1) is 11.7 Å². The number of anilines is 1. The Morgan fingerprint density at radius 2 is 1.89 bits per heavy atom. The molecule has 1 rings (SSSR count). The van der Waals surface area contributed by atoms with Crippen molar-refractivity contribution in [2.75, 3.05) is 18.0 Å². The van der Waals surface area contributed by atoms with Crippen LogP contribution in [0.4, 0.5) is 10.1 Å². The van der Waals surface area contributed by atoms with Gasteiger partial charge in [0.05, 0.1) is 5.69 Å². The van der Waals surface area contributed by atoms with E-state index in [0.717, 1.165) is 37.2 Å². The zero-order valence-electron chi connectivity index (χ0n) is 11.5. The predicted molar refractivity (Wildman–Crippen MR) is 81.0 cm³/mol. The van der Waals surface area contributed by atoms with Crippen LogP contribution in [0.1, 0.15) is 39.2 Å². The second-order valence-electron chi connectivity index (χ2n) is 4.64. The maximum atomic E-state index is 14.1. The van der Waals surface area contributed by atoms with E-state index in [-0.39, 0.29) is 5.82 Å². The van der Waals surface area contributed by atoms with E-state index in [2.05, 4.69) is 41.6 Å². The van der Waals surface area contributed by atoms with Gasteiger partial charge < -0.3 is 4.90 Å². The smallest absolute Gasteiger partial charge is 0.146 e. The molecular formula is C15H23BrFN. The number of alkyl halides is 1. The molecule has 0 fully saturated rings. The van der Waals surface area contributed by atoms with Gasteiger partial charge >= 0.3 is 0 Å². The fraction of sp³-hybridized carbons (Fsp3) is 0.600. The Kier molecular flexibility index (Phi) is 6.69. The summed E-state index contributed by atoms with van der Waals surface area (Å²) in [5, 5.41) is 0.697. The van der Waals surface area contributed by atoms with E-state index in [1.807, 2.05) is 12.1 Å². The largest absolute Gasteiger partial charge is 0.369 e. The molecule has 18 heavy (non-hydrogen) atoms. The predicted octanol–water partition coefficient (Wildman–Crippen LogP) is 4.98. The van der Waals surface area contributed by atoms with Gasteiger partial charge in [-0.1, -0.05) is 48.7 Å². The van der Waals surface area contributed by atoms with Crippen molar-refractivity contribution in [3.8, 4) is 0 Å². The normalized spacial score (nSPS) is 11.0. The minimum Gasteiger partial charge on any atom is -0.369 e. The molecule has 0 aromatic heterocycles. The van der Waals surface area contributed by atoms with E-state index >= 15 is 0 Å². The quantitative estimate of drug-likeness (QED) is 0.641. The van der Waals surface area contributed by atoms with Crippen LogP contribution in [-0.2, 0) is 5.33 Å². The van der Waals surface area contributed by atoms with Crippen molar-refractivity contribution in [2.24, 2.45) is 5.92 Å². The van der Waals surface area contributed by atoms with Gasteiger partial charge in [-0.15, -0.1) is 0 Å². The first-order valence-corrected chi connectivity index (χ1v) is 7.87. The van der Waals surface area contributed by atoms with Gasteiger partial charge in [-0.25, -0.2) is 4.39 Å². The van der Waals surface area contributed by atoms with Gasteiger partial charge in [-0.05, 0) is 30.5 Å². The Morgan fingerprint density at radius 1 is 1.22 bits per heavy atom. The van der Waals surface area contributed by atoms with Crippen molar-refractivity contribution < 1.29 is 4.39 Å². The van der Waals surface area contributed by atoms with Crippen molar-refractivity contribution in [1.82, 2.24) is 0 Å². The Bertz CT molecular complexity index is 364. The molecular weight excluding hydrogens is 293 g/mol. The molecule has 0 atom stereocenters. The van der Waals surface area contributed by atoms with Crippen LogP contribution in [0.2, 0.25) is 0 Å². The fourth-order valence-corrected chi connectivity index (χ4v) is 2.50. The summed E-state index contributed by atoms with van der Waals surface area (Å²) in [4.78, 5) is 2.14. The van der Waals surface area contributed by atoms with Crippen LogP contribution in [0.3, 0.4) is 0 Å². The van der Waals surface area contributed by atoms with Crippen LogP contribution < -0.4 is 4.90 Å². The zero-order chi connectivity index (χ0) is 13.5. The summed E-state index contributed by atoms with van der Waals surface area (Å²) in [6.07, 6.45) is 2.29. The summed E-state index contributed by atoms with van der Waals surface area (Å²) < 4.78 is 14.1. The molecule has 0 aliphatic rings. The van der Waals surface area contributed by atoms with E-state index in [1.54, 1.807) is 6.07 Å². The van der Waals surface area contributed by atoms with E-state index in [9.17, 15) is 4.39 Å². The van der Waals surface area contributed by atoms with Gasteiger partial charge in [0, 0.05) is 18.4 Å². The van der Waals surface area contributed by atoms with Crippen LogP contribution >= 0.6 is 15.9 Å². The van der Waals surface area contributed by atoms with Crippen molar-refractivity contribution in [3.05, 3.63) is 29.6 Å². The minimum absolute atomic E-state index is 0.111. The minimum atomic E-state index is -0.111. The van der Waals surface area contributed by atoms with Gasteiger partial charge in [0.15, 0.2) is 0 Å². The molecule has 0 saturated carbocycles. The third kappa shape index (κ3) is 3.98. The number of benzene rings is 1. The molecule has 0 unspecified atom stereocenters. The summed E-state index contributed by atoms with van der Waals surface area (Å²) in [6, 6.07) is 5.51. The van der Waals surface area contributed by atoms with E-state index < -0.39 is 0 Å². The molecule has 1 nitrogen and oxygen atoms in total. The molecule has 0 aliphatic carbocycles. The van der Waals surface area contributed by atoms with Gasteiger partial charge in [0.1, 0.15) is 5.82 Å². The highest BCUT2D eigenvalue weighted by Crippen LogP contribution is 2.23. The van der Waals surface area contributed by atoms with Crippen LogP contribution in [0.5, 0.6) is 0 Å². The Labute approximate surface area is 119 Å². The van der Waals surface area contributed by atoms with Gasteiger partial charge in [-0.2, -0.15) is 0 Å². The SMILES string of the molecule is CCC(CC)CN(CC)c1ccc(CBr)cc1F. The zero-order valence-corrected chi connectivity index (χ0v) is 13.1. The molecule has 0 aliphatic heterocycles. The van der Waals surface area contributed by atoms with Crippen LogP contribution in [-0.4, -0.2) is 13.1 Å². The van der Waals surface area contributed by atoms with E-state index in [1.165, 1.54) is 0 Å². The monoisotopic (exact) mass is 315 g/mol. The average molecular weight is 316 g/mol. The number of hydrogen-bond donors (Lipinski definition) is 0. The molecule has 0 amide bonds. The summed E-state index contributed by atoms with van der Waals surface area (Å²) in [7, 11) is 0. The number of nitrogens with zero attached hydrogens (tertiary/aromatic N) is 1. The van der Waals surface area contributed by atoms with Gasteiger partial charge in [0.2, 0.25) is 0 Å².